The second kappa shape index (κ2) is 5.26. The number of nitrogens with one attached hydrogen (secondary N) is 1. The van der Waals surface area contributed by atoms with Crippen molar-refractivity contribution in [1.29, 1.82) is 0 Å². The molecule has 1 fully saturated rings. The van der Waals surface area contributed by atoms with Gasteiger partial charge in [-0.1, -0.05) is 0 Å². The Morgan fingerprint density at radius 1 is 1.45 bits per heavy atom. The van der Waals surface area contributed by atoms with Crippen LogP contribution in [0.5, 0.6) is 11.5 Å². The lowest BCUT2D eigenvalue weighted by atomic mass is 9.81. The molecule has 0 aliphatic carbocycles. The molecule has 0 radical (unpaired) electrons. The van der Waals surface area contributed by atoms with Crippen molar-refractivity contribution < 1.29 is 9.47 Å². The minimum atomic E-state index is -0.0394. The Morgan fingerprint density at radius 2 is 2.30 bits per heavy atom. The van der Waals surface area contributed by atoms with Gasteiger partial charge in [0.05, 0.1) is 7.11 Å². The van der Waals surface area contributed by atoms with Gasteiger partial charge in [0.1, 0.15) is 17.1 Å². The van der Waals surface area contributed by atoms with Crippen LogP contribution in [0.3, 0.4) is 0 Å². The van der Waals surface area contributed by atoms with E-state index in [1.54, 1.807) is 7.11 Å². The molecule has 0 saturated carbocycles. The molecule has 0 amide bonds. The first kappa shape index (κ1) is 13.7. The summed E-state index contributed by atoms with van der Waals surface area (Å²) in [6.45, 7) is 2.18. The summed E-state index contributed by atoms with van der Waals surface area (Å²) in [6.07, 6.45) is 3.37. The molecular formula is C16H24N2O2. The maximum atomic E-state index is 6.43. The molecular weight excluding hydrogens is 252 g/mol. The van der Waals surface area contributed by atoms with Crippen molar-refractivity contribution in [2.24, 2.45) is 0 Å². The fraction of sp³-hybridized carbons (Fsp3) is 0.625. The van der Waals surface area contributed by atoms with Crippen LogP contribution in [0.1, 0.15) is 30.9 Å². The Morgan fingerprint density at radius 3 is 3.00 bits per heavy atom. The predicted octanol–water partition coefficient (Wildman–Crippen LogP) is 2.20. The highest BCUT2D eigenvalue weighted by Gasteiger charge is 2.43. The zero-order valence-corrected chi connectivity index (χ0v) is 12.6. The van der Waals surface area contributed by atoms with Gasteiger partial charge in [0, 0.05) is 24.6 Å². The van der Waals surface area contributed by atoms with Gasteiger partial charge < -0.3 is 19.7 Å². The average molecular weight is 276 g/mol. The highest BCUT2D eigenvalue weighted by molar-refractivity contribution is 5.44. The zero-order chi connectivity index (χ0) is 14.2. The SMILES string of the molecule is CNC1CC2(CCCN(C)C2)Oc2ccc(OC)cc21. The normalized spacial score (nSPS) is 29.9. The molecule has 1 aromatic carbocycles. The van der Waals surface area contributed by atoms with E-state index in [1.807, 2.05) is 19.2 Å². The number of rotatable bonds is 2. The van der Waals surface area contributed by atoms with Crippen molar-refractivity contribution in [3.05, 3.63) is 23.8 Å². The van der Waals surface area contributed by atoms with E-state index in [0.29, 0.717) is 6.04 Å². The van der Waals surface area contributed by atoms with Crippen LogP contribution < -0.4 is 14.8 Å². The van der Waals surface area contributed by atoms with Crippen LogP contribution in [-0.2, 0) is 0 Å². The summed E-state index contributed by atoms with van der Waals surface area (Å²) >= 11 is 0. The van der Waals surface area contributed by atoms with Crippen molar-refractivity contribution in [3.63, 3.8) is 0 Å². The van der Waals surface area contributed by atoms with Gasteiger partial charge in [-0.05, 0) is 51.7 Å². The predicted molar refractivity (Wildman–Crippen MR) is 79.5 cm³/mol. The van der Waals surface area contributed by atoms with Crippen LogP contribution >= 0.6 is 0 Å². The summed E-state index contributed by atoms with van der Waals surface area (Å²) in [6, 6.07) is 6.46. The molecule has 110 valence electrons. The molecule has 2 atom stereocenters. The van der Waals surface area contributed by atoms with E-state index in [9.17, 15) is 0 Å². The van der Waals surface area contributed by atoms with Crippen LogP contribution in [0.15, 0.2) is 18.2 Å². The summed E-state index contributed by atoms with van der Waals surface area (Å²) in [7, 11) is 5.92. The van der Waals surface area contributed by atoms with Gasteiger partial charge in [0.15, 0.2) is 0 Å². The summed E-state index contributed by atoms with van der Waals surface area (Å²) in [4.78, 5) is 2.38. The number of likely N-dealkylation sites (tertiary alicyclic amines) is 1. The van der Waals surface area contributed by atoms with Crippen molar-refractivity contribution >= 4 is 0 Å². The average Bonchev–Trinajstić information content (AvgIpc) is 2.45. The number of nitrogens with zero attached hydrogens (tertiary/aromatic N) is 1. The number of hydrogen-bond donors (Lipinski definition) is 1. The van der Waals surface area contributed by atoms with Gasteiger partial charge in [0.25, 0.3) is 0 Å². The molecule has 4 heteroatoms. The number of benzene rings is 1. The lowest BCUT2D eigenvalue weighted by Crippen LogP contribution is -2.54. The topological polar surface area (TPSA) is 33.7 Å². The molecule has 3 rings (SSSR count). The third kappa shape index (κ3) is 2.38. The van der Waals surface area contributed by atoms with Crippen LogP contribution in [0, 0.1) is 0 Å². The highest BCUT2D eigenvalue weighted by atomic mass is 16.5. The monoisotopic (exact) mass is 276 g/mol. The Kier molecular flexibility index (Phi) is 3.61. The second-order valence-electron chi connectivity index (χ2n) is 6.08. The Hall–Kier alpha value is -1.26. The maximum absolute atomic E-state index is 6.43. The molecule has 0 aromatic heterocycles. The molecule has 2 heterocycles. The van der Waals surface area contributed by atoms with Crippen LogP contribution in [0.25, 0.3) is 0 Å². The Bertz CT molecular complexity index is 491. The molecule has 0 bridgehead atoms. The molecule has 4 nitrogen and oxygen atoms in total. The van der Waals surface area contributed by atoms with E-state index < -0.39 is 0 Å². The zero-order valence-electron chi connectivity index (χ0n) is 12.6. The number of piperidine rings is 1. The Balaban J connectivity index is 1.94. The summed E-state index contributed by atoms with van der Waals surface area (Å²) in [5.41, 5.74) is 1.17. The fourth-order valence-corrected chi connectivity index (χ4v) is 3.60. The van der Waals surface area contributed by atoms with Gasteiger partial charge in [-0.3, -0.25) is 0 Å². The van der Waals surface area contributed by atoms with Gasteiger partial charge in [-0.2, -0.15) is 0 Å². The van der Waals surface area contributed by atoms with Gasteiger partial charge in [0.2, 0.25) is 0 Å². The molecule has 2 aliphatic rings. The smallest absolute Gasteiger partial charge is 0.125 e. The number of fused-ring (bicyclic) bond motifs is 1. The standard InChI is InChI=1S/C16H24N2O2/c1-17-14-10-16(7-4-8-18(2)11-16)20-15-6-5-12(19-3)9-13(14)15/h5-6,9,14,17H,4,7-8,10-11H2,1-3H3. The molecule has 1 N–H and O–H groups in total. The van der Waals surface area contributed by atoms with Crippen LogP contribution in [0.2, 0.25) is 0 Å². The number of hydrogen-bond acceptors (Lipinski definition) is 4. The number of likely N-dealkylation sites (N-methyl/N-ethyl adjacent to an activating group) is 1. The van der Waals surface area contributed by atoms with Crippen molar-refractivity contribution in [2.45, 2.75) is 30.9 Å². The molecule has 20 heavy (non-hydrogen) atoms. The summed E-state index contributed by atoms with van der Waals surface area (Å²) in [5.74, 6) is 1.90. The van der Waals surface area contributed by atoms with E-state index in [-0.39, 0.29) is 5.60 Å². The highest BCUT2D eigenvalue weighted by Crippen LogP contribution is 2.44. The van der Waals surface area contributed by atoms with E-state index in [1.165, 1.54) is 18.5 Å². The van der Waals surface area contributed by atoms with Crippen molar-refractivity contribution in [2.75, 3.05) is 34.3 Å². The van der Waals surface area contributed by atoms with E-state index in [4.69, 9.17) is 9.47 Å². The maximum Gasteiger partial charge on any atom is 0.125 e. The minimum absolute atomic E-state index is 0.0394. The molecule has 1 aromatic rings. The second-order valence-corrected chi connectivity index (χ2v) is 6.08. The van der Waals surface area contributed by atoms with Gasteiger partial charge in [-0.25, -0.2) is 0 Å². The van der Waals surface area contributed by atoms with Crippen molar-refractivity contribution in [3.8, 4) is 11.5 Å². The first-order chi connectivity index (χ1) is 9.65. The van der Waals surface area contributed by atoms with E-state index in [0.717, 1.165) is 30.9 Å². The largest absolute Gasteiger partial charge is 0.497 e. The first-order valence-corrected chi connectivity index (χ1v) is 7.38. The quantitative estimate of drug-likeness (QED) is 0.898. The minimum Gasteiger partial charge on any atom is -0.497 e. The van der Waals surface area contributed by atoms with Crippen molar-refractivity contribution in [1.82, 2.24) is 10.2 Å². The lowest BCUT2D eigenvalue weighted by Gasteiger charge is -2.47. The number of ether oxygens (including phenoxy) is 2. The third-order valence-corrected chi connectivity index (χ3v) is 4.57. The third-order valence-electron chi connectivity index (χ3n) is 4.57. The Labute approximate surface area is 121 Å². The van der Waals surface area contributed by atoms with Crippen LogP contribution in [-0.4, -0.2) is 44.8 Å². The van der Waals surface area contributed by atoms with E-state index in [2.05, 4.69) is 23.3 Å². The fourth-order valence-electron chi connectivity index (χ4n) is 3.60. The van der Waals surface area contributed by atoms with E-state index >= 15 is 0 Å². The molecule has 2 aliphatic heterocycles. The first-order valence-electron chi connectivity index (χ1n) is 7.38. The molecule has 1 saturated heterocycles. The van der Waals surface area contributed by atoms with Gasteiger partial charge >= 0.3 is 0 Å². The number of methoxy groups -OCH3 is 1. The summed E-state index contributed by atoms with van der Waals surface area (Å²) < 4.78 is 11.8. The summed E-state index contributed by atoms with van der Waals surface area (Å²) in [5, 5.41) is 3.44. The lowest BCUT2D eigenvalue weighted by molar-refractivity contribution is -0.0264. The van der Waals surface area contributed by atoms with Gasteiger partial charge in [-0.15, -0.1) is 0 Å². The molecule has 2 unspecified atom stereocenters. The molecule has 1 spiro atoms. The van der Waals surface area contributed by atoms with Crippen LogP contribution in [0.4, 0.5) is 0 Å².